The maximum absolute atomic E-state index is 6.07. The van der Waals surface area contributed by atoms with Crippen LogP contribution >= 0.6 is 24.0 Å². The lowest BCUT2D eigenvalue weighted by Gasteiger charge is -2.34. The number of aromatic nitrogens is 1. The maximum Gasteiger partial charge on any atom is 0.226 e. The summed E-state index contributed by atoms with van der Waals surface area (Å²) in [6.45, 7) is 4.06. The first kappa shape index (κ1) is 23.0. The van der Waals surface area contributed by atoms with E-state index in [1.165, 1.54) is 0 Å². The van der Waals surface area contributed by atoms with Gasteiger partial charge in [-0.25, -0.2) is 4.98 Å². The normalized spacial score (nSPS) is 20.2. The number of ether oxygens (including phenoxy) is 2. The fourth-order valence-electron chi connectivity index (χ4n) is 3.86. The Morgan fingerprint density at radius 2 is 2.03 bits per heavy atom. The Hall–Kier alpha value is -1.65. The Kier molecular flexibility index (Phi) is 8.95. The first-order valence-electron chi connectivity index (χ1n) is 10.5. The van der Waals surface area contributed by atoms with Gasteiger partial charge in [0.25, 0.3) is 0 Å². The van der Waals surface area contributed by atoms with E-state index in [0.717, 1.165) is 69.2 Å². The summed E-state index contributed by atoms with van der Waals surface area (Å²) < 4.78 is 17.3. The van der Waals surface area contributed by atoms with E-state index in [0.29, 0.717) is 24.6 Å². The highest BCUT2D eigenvalue weighted by atomic mass is 127. The summed E-state index contributed by atoms with van der Waals surface area (Å²) in [4.78, 5) is 11.3. The average Bonchev–Trinajstić information content (AvgIpc) is 3.46. The number of likely N-dealkylation sites (tertiary alicyclic amines) is 1. The molecule has 1 atom stereocenters. The van der Waals surface area contributed by atoms with Crippen molar-refractivity contribution in [1.29, 1.82) is 0 Å². The molecule has 3 heterocycles. The van der Waals surface area contributed by atoms with Gasteiger partial charge in [-0.05, 0) is 37.8 Å². The number of nitrogens with zero attached hydrogens (tertiary/aromatic N) is 3. The van der Waals surface area contributed by atoms with Crippen LogP contribution in [0.4, 0.5) is 0 Å². The predicted octanol–water partition coefficient (Wildman–Crippen LogP) is 3.70. The van der Waals surface area contributed by atoms with Crippen molar-refractivity contribution in [3.8, 4) is 11.5 Å². The van der Waals surface area contributed by atoms with Crippen LogP contribution < -0.4 is 5.32 Å². The van der Waals surface area contributed by atoms with Gasteiger partial charge in [-0.15, -0.1) is 24.0 Å². The second-order valence-corrected chi connectivity index (χ2v) is 7.57. The van der Waals surface area contributed by atoms with Crippen LogP contribution in [0, 0.1) is 0 Å². The highest BCUT2D eigenvalue weighted by molar-refractivity contribution is 14.0. The summed E-state index contributed by atoms with van der Waals surface area (Å²) in [7, 11) is 1.82. The van der Waals surface area contributed by atoms with E-state index < -0.39 is 0 Å². The monoisotopic (exact) mass is 526 g/mol. The second-order valence-electron chi connectivity index (χ2n) is 7.57. The number of hydrogen-bond donors (Lipinski definition) is 1. The van der Waals surface area contributed by atoms with E-state index in [2.05, 4.69) is 20.2 Å². The minimum atomic E-state index is 0. The summed E-state index contributed by atoms with van der Waals surface area (Å²) in [6.07, 6.45) is 6.62. The van der Waals surface area contributed by atoms with E-state index in [1.807, 2.05) is 37.4 Å². The third kappa shape index (κ3) is 6.18. The Morgan fingerprint density at radius 3 is 2.73 bits per heavy atom. The van der Waals surface area contributed by atoms with Crippen molar-refractivity contribution in [2.75, 3.05) is 33.4 Å². The summed E-state index contributed by atoms with van der Waals surface area (Å²) in [5.41, 5.74) is 1.84. The molecule has 0 saturated carbocycles. The maximum atomic E-state index is 6.07. The molecule has 30 heavy (non-hydrogen) atoms. The highest BCUT2D eigenvalue weighted by Crippen LogP contribution is 2.19. The lowest BCUT2D eigenvalue weighted by Crippen LogP contribution is -2.47. The molecule has 2 aromatic rings. The Balaban J connectivity index is 0.00000256. The van der Waals surface area contributed by atoms with Crippen LogP contribution in [0.15, 0.2) is 46.0 Å². The van der Waals surface area contributed by atoms with E-state index in [-0.39, 0.29) is 24.0 Å². The van der Waals surface area contributed by atoms with Gasteiger partial charge in [-0.3, -0.25) is 4.99 Å². The number of aliphatic imine (C=N–C) groups is 1. The molecule has 0 bridgehead atoms. The third-order valence-corrected chi connectivity index (χ3v) is 5.50. The molecule has 1 aromatic carbocycles. The molecule has 1 aromatic heterocycles. The Labute approximate surface area is 195 Å². The third-order valence-electron chi connectivity index (χ3n) is 5.50. The summed E-state index contributed by atoms with van der Waals surface area (Å²) in [6, 6.07) is 9.93. The zero-order chi connectivity index (χ0) is 19.9. The van der Waals surface area contributed by atoms with Gasteiger partial charge in [-0.2, -0.15) is 0 Å². The van der Waals surface area contributed by atoms with Gasteiger partial charge in [-0.1, -0.05) is 18.2 Å². The summed E-state index contributed by atoms with van der Waals surface area (Å²) >= 11 is 0. The molecular formula is C22H31IN4O3. The molecule has 4 rings (SSSR count). The molecule has 8 heteroatoms. The molecule has 1 N–H and O–H groups in total. The van der Waals surface area contributed by atoms with E-state index in [1.54, 1.807) is 6.26 Å². The van der Waals surface area contributed by atoms with Crippen molar-refractivity contribution < 1.29 is 13.9 Å². The number of rotatable bonds is 6. The number of nitrogens with one attached hydrogen (secondary N) is 1. The van der Waals surface area contributed by atoms with E-state index in [9.17, 15) is 0 Å². The minimum Gasteiger partial charge on any atom is -0.444 e. The standard InChI is InChI=1S/C22H30N4O3.HI/c1-23-22(24-14-18-15-29-21(25-18)17-6-3-2-4-7-17)26-11-9-19(10-12-26)28-16-20-8-5-13-27-20;/h2-4,6-7,15,19-20H,5,8-14,16H2,1H3,(H,23,24);1H. The first-order valence-corrected chi connectivity index (χ1v) is 10.5. The van der Waals surface area contributed by atoms with Crippen molar-refractivity contribution in [3.63, 3.8) is 0 Å². The fourth-order valence-corrected chi connectivity index (χ4v) is 3.86. The Bertz CT molecular complexity index is 785. The van der Waals surface area contributed by atoms with Crippen molar-refractivity contribution in [1.82, 2.24) is 15.2 Å². The molecular weight excluding hydrogens is 495 g/mol. The zero-order valence-corrected chi connectivity index (χ0v) is 19.8. The molecule has 0 aliphatic carbocycles. The molecule has 1 unspecified atom stereocenters. The van der Waals surface area contributed by atoms with Crippen molar-refractivity contribution >= 4 is 29.9 Å². The van der Waals surface area contributed by atoms with Gasteiger partial charge < -0.3 is 24.1 Å². The van der Waals surface area contributed by atoms with Gasteiger partial charge in [0.2, 0.25) is 5.89 Å². The van der Waals surface area contributed by atoms with Crippen LogP contribution in [0.25, 0.3) is 11.5 Å². The summed E-state index contributed by atoms with van der Waals surface area (Å²) in [5, 5.41) is 3.40. The molecule has 2 saturated heterocycles. The largest absolute Gasteiger partial charge is 0.444 e. The summed E-state index contributed by atoms with van der Waals surface area (Å²) in [5.74, 6) is 1.54. The predicted molar refractivity (Wildman–Crippen MR) is 127 cm³/mol. The van der Waals surface area contributed by atoms with Crippen molar-refractivity contribution in [2.45, 2.75) is 44.4 Å². The lowest BCUT2D eigenvalue weighted by atomic mass is 10.1. The molecule has 0 amide bonds. The average molecular weight is 526 g/mol. The lowest BCUT2D eigenvalue weighted by molar-refractivity contribution is -0.0367. The number of benzene rings is 1. The second kappa shape index (κ2) is 11.7. The molecule has 2 fully saturated rings. The van der Waals surface area contributed by atoms with Crippen LogP contribution in [0.1, 0.15) is 31.4 Å². The number of hydrogen-bond acceptors (Lipinski definition) is 5. The van der Waals surface area contributed by atoms with Crippen LogP contribution in [0.3, 0.4) is 0 Å². The molecule has 2 aliphatic rings. The van der Waals surface area contributed by atoms with Crippen molar-refractivity contribution in [2.24, 2.45) is 4.99 Å². The highest BCUT2D eigenvalue weighted by Gasteiger charge is 2.24. The van der Waals surface area contributed by atoms with Gasteiger partial charge in [0, 0.05) is 32.3 Å². The van der Waals surface area contributed by atoms with Crippen LogP contribution in [-0.2, 0) is 16.0 Å². The van der Waals surface area contributed by atoms with Gasteiger partial charge >= 0.3 is 0 Å². The molecule has 164 valence electrons. The van der Waals surface area contributed by atoms with Crippen molar-refractivity contribution in [3.05, 3.63) is 42.3 Å². The molecule has 7 nitrogen and oxygen atoms in total. The number of oxazole rings is 1. The smallest absolute Gasteiger partial charge is 0.226 e. The molecule has 0 spiro atoms. The van der Waals surface area contributed by atoms with E-state index in [4.69, 9.17) is 13.9 Å². The molecule has 0 radical (unpaired) electrons. The fraction of sp³-hybridized carbons (Fsp3) is 0.545. The van der Waals surface area contributed by atoms with E-state index >= 15 is 0 Å². The first-order chi connectivity index (χ1) is 14.3. The van der Waals surface area contributed by atoms with Gasteiger partial charge in [0.1, 0.15) is 6.26 Å². The van der Waals surface area contributed by atoms with Crippen LogP contribution in [0.2, 0.25) is 0 Å². The van der Waals surface area contributed by atoms with Crippen LogP contribution in [0.5, 0.6) is 0 Å². The van der Waals surface area contributed by atoms with Gasteiger partial charge in [0.05, 0.1) is 31.1 Å². The molecule has 2 aliphatic heterocycles. The quantitative estimate of drug-likeness (QED) is 0.352. The number of halogens is 1. The van der Waals surface area contributed by atoms with Gasteiger partial charge in [0.15, 0.2) is 5.96 Å². The minimum absolute atomic E-state index is 0. The zero-order valence-electron chi connectivity index (χ0n) is 17.5. The SMILES string of the molecule is CN=C(NCc1coc(-c2ccccc2)n1)N1CCC(OCC2CCCO2)CC1.I. The number of piperidine rings is 1. The Morgan fingerprint density at radius 1 is 1.23 bits per heavy atom. The number of guanidine groups is 1. The topological polar surface area (TPSA) is 72.1 Å². The van der Waals surface area contributed by atoms with Crippen LogP contribution in [-0.4, -0.2) is 61.4 Å².